The molecule has 0 aromatic heterocycles. The normalized spacial score (nSPS) is 19.6. The highest BCUT2D eigenvalue weighted by Gasteiger charge is 2.15. The van der Waals surface area contributed by atoms with Crippen LogP contribution in [0.4, 0.5) is 0 Å². The minimum Gasteiger partial charge on any atom is -0.378 e. The third-order valence-electron chi connectivity index (χ3n) is 2.45. The number of hydrogen-bond acceptors (Lipinski definition) is 3. The van der Waals surface area contributed by atoms with Gasteiger partial charge in [-0.3, -0.25) is 0 Å². The Kier molecular flexibility index (Phi) is 4.67. The molecule has 0 radical (unpaired) electrons. The molecule has 1 aliphatic heterocycles. The number of ether oxygens (including phenoxy) is 1. The van der Waals surface area contributed by atoms with E-state index in [1.54, 1.807) is 6.08 Å². The molecule has 0 N–H and O–H groups in total. The summed E-state index contributed by atoms with van der Waals surface area (Å²) in [6.45, 7) is 6.82. The van der Waals surface area contributed by atoms with Gasteiger partial charge in [0.05, 0.1) is 23.8 Å². The lowest BCUT2D eigenvalue weighted by atomic mass is 10.2. The maximum atomic E-state index is 9.04. The molecule has 0 atom stereocenters. The zero-order valence-corrected chi connectivity index (χ0v) is 9.84. The molecule has 0 amide bonds. The van der Waals surface area contributed by atoms with E-state index in [0.29, 0.717) is 23.8 Å². The molecule has 0 unspecified atom stereocenters. The number of nitriles is 1. The van der Waals surface area contributed by atoms with Crippen LogP contribution < -0.4 is 0 Å². The van der Waals surface area contributed by atoms with Crippen molar-refractivity contribution >= 4 is 11.6 Å². The molecule has 1 heterocycles. The fourth-order valence-corrected chi connectivity index (χ4v) is 1.69. The van der Waals surface area contributed by atoms with Crippen LogP contribution in [0.25, 0.3) is 0 Å². The molecule has 0 saturated carbocycles. The van der Waals surface area contributed by atoms with Crippen molar-refractivity contribution in [2.45, 2.75) is 13.8 Å². The van der Waals surface area contributed by atoms with E-state index in [-0.39, 0.29) is 0 Å². The zero-order valence-electron chi connectivity index (χ0n) is 9.09. The molecule has 4 heteroatoms. The van der Waals surface area contributed by atoms with Crippen LogP contribution in [-0.4, -0.2) is 31.2 Å². The standard InChI is InChI=1S/C11H15ClN2O/c1-3-11(12)10(8-13)9(2)14-4-6-15-7-5-14/h3H,4-7H2,1-2H3/b10-9+,11-3+. The summed E-state index contributed by atoms with van der Waals surface area (Å²) in [7, 11) is 0. The lowest BCUT2D eigenvalue weighted by molar-refractivity contribution is 0.0535. The van der Waals surface area contributed by atoms with Gasteiger partial charge in [-0.2, -0.15) is 5.26 Å². The first-order valence-electron chi connectivity index (χ1n) is 4.96. The SMILES string of the molecule is C/C=C(Cl)\C(C#N)=C(/C)N1CCOCC1. The van der Waals surface area contributed by atoms with E-state index in [0.717, 1.165) is 18.8 Å². The van der Waals surface area contributed by atoms with Crippen LogP contribution >= 0.6 is 11.6 Å². The molecule has 3 nitrogen and oxygen atoms in total. The second kappa shape index (κ2) is 5.79. The van der Waals surface area contributed by atoms with E-state index in [1.165, 1.54) is 0 Å². The fourth-order valence-electron chi connectivity index (χ4n) is 1.51. The summed E-state index contributed by atoms with van der Waals surface area (Å²) in [6.07, 6.45) is 1.74. The Bertz CT molecular complexity index is 322. The largest absolute Gasteiger partial charge is 0.378 e. The van der Waals surface area contributed by atoms with Gasteiger partial charge < -0.3 is 9.64 Å². The molecule has 0 aromatic carbocycles. The molecule has 0 aliphatic carbocycles. The van der Waals surface area contributed by atoms with Crippen molar-refractivity contribution in [3.8, 4) is 6.07 Å². The van der Waals surface area contributed by atoms with E-state index in [1.807, 2.05) is 13.8 Å². The topological polar surface area (TPSA) is 36.3 Å². The van der Waals surface area contributed by atoms with Gasteiger partial charge in [-0.25, -0.2) is 0 Å². The number of rotatable bonds is 2. The highest BCUT2D eigenvalue weighted by Crippen LogP contribution is 2.21. The second-order valence-electron chi connectivity index (χ2n) is 3.31. The van der Waals surface area contributed by atoms with E-state index >= 15 is 0 Å². The first-order chi connectivity index (χ1) is 7.20. The van der Waals surface area contributed by atoms with Crippen molar-refractivity contribution in [2.75, 3.05) is 26.3 Å². The van der Waals surface area contributed by atoms with Crippen LogP contribution in [0, 0.1) is 11.3 Å². The molecule has 0 spiro atoms. The Morgan fingerprint density at radius 3 is 2.53 bits per heavy atom. The van der Waals surface area contributed by atoms with E-state index in [4.69, 9.17) is 21.6 Å². The summed E-state index contributed by atoms with van der Waals surface area (Å²) in [5.41, 5.74) is 1.49. The van der Waals surface area contributed by atoms with Crippen LogP contribution in [-0.2, 0) is 4.74 Å². The Labute approximate surface area is 95.6 Å². The van der Waals surface area contributed by atoms with Crippen molar-refractivity contribution in [3.63, 3.8) is 0 Å². The van der Waals surface area contributed by atoms with Crippen LogP contribution in [0.5, 0.6) is 0 Å². The summed E-state index contributed by atoms with van der Waals surface area (Å²) < 4.78 is 5.26. The van der Waals surface area contributed by atoms with Gasteiger partial charge in [0.2, 0.25) is 0 Å². The molecule has 0 aromatic rings. The third kappa shape index (κ3) is 2.98. The third-order valence-corrected chi connectivity index (χ3v) is 2.86. The number of allylic oxidation sites excluding steroid dienone is 4. The van der Waals surface area contributed by atoms with Gasteiger partial charge in [0, 0.05) is 18.8 Å². The van der Waals surface area contributed by atoms with Gasteiger partial charge in [-0.15, -0.1) is 0 Å². The van der Waals surface area contributed by atoms with Crippen molar-refractivity contribution in [1.82, 2.24) is 4.90 Å². The average molecular weight is 227 g/mol. The van der Waals surface area contributed by atoms with Crippen molar-refractivity contribution in [3.05, 3.63) is 22.4 Å². The van der Waals surface area contributed by atoms with Crippen LogP contribution in [0.1, 0.15) is 13.8 Å². The fraction of sp³-hybridized carbons (Fsp3) is 0.545. The number of morpholine rings is 1. The van der Waals surface area contributed by atoms with E-state index in [2.05, 4.69) is 11.0 Å². The van der Waals surface area contributed by atoms with E-state index < -0.39 is 0 Å². The molecule has 1 fully saturated rings. The Balaban J connectivity index is 2.90. The van der Waals surface area contributed by atoms with Gasteiger partial charge in [-0.05, 0) is 13.8 Å². The molecule has 1 aliphatic rings. The molecule has 0 bridgehead atoms. The smallest absolute Gasteiger partial charge is 0.103 e. The number of hydrogen-bond donors (Lipinski definition) is 0. The maximum absolute atomic E-state index is 9.04. The molecule has 1 saturated heterocycles. The summed E-state index contributed by atoms with van der Waals surface area (Å²) in [6, 6.07) is 2.15. The average Bonchev–Trinajstić information content (AvgIpc) is 2.30. The van der Waals surface area contributed by atoms with Crippen LogP contribution in [0.3, 0.4) is 0 Å². The number of halogens is 1. The quantitative estimate of drug-likeness (QED) is 0.535. The molecule has 1 rings (SSSR count). The molecule has 82 valence electrons. The van der Waals surface area contributed by atoms with Crippen molar-refractivity contribution in [2.24, 2.45) is 0 Å². The lowest BCUT2D eigenvalue weighted by Crippen LogP contribution is -2.35. The highest BCUT2D eigenvalue weighted by molar-refractivity contribution is 6.32. The summed E-state index contributed by atoms with van der Waals surface area (Å²) in [5.74, 6) is 0. The monoisotopic (exact) mass is 226 g/mol. The Morgan fingerprint density at radius 1 is 1.47 bits per heavy atom. The second-order valence-corrected chi connectivity index (χ2v) is 3.72. The summed E-state index contributed by atoms with van der Waals surface area (Å²) >= 11 is 5.97. The van der Waals surface area contributed by atoms with Gasteiger partial charge >= 0.3 is 0 Å². The predicted molar refractivity (Wildman–Crippen MR) is 60.3 cm³/mol. The van der Waals surface area contributed by atoms with Crippen LogP contribution in [0.2, 0.25) is 0 Å². The van der Waals surface area contributed by atoms with Crippen LogP contribution in [0.15, 0.2) is 22.4 Å². The van der Waals surface area contributed by atoms with Gasteiger partial charge in [0.25, 0.3) is 0 Å². The highest BCUT2D eigenvalue weighted by atomic mass is 35.5. The lowest BCUT2D eigenvalue weighted by Gasteiger charge is -2.30. The molecule has 15 heavy (non-hydrogen) atoms. The van der Waals surface area contributed by atoms with Crippen molar-refractivity contribution in [1.29, 1.82) is 5.26 Å². The molecular formula is C11H15ClN2O. The Hall–Kier alpha value is -0.980. The van der Waals surface area contributed by atoms with Crippen molar-refractivity contribution < 1.29 is 4.74 Å². The zero-order chi connectivity index (χ0) is 11.3. The molecular weight excluding hydrogens is 212 g/mol. The first-order valence-corrected chi connectivity index (χ1v) is 5.34. The maximum Gasteiger partial charge on any atom is 0.103 e. The minimum atomic E-state index is 0.515. The first kappa shape index (κ1) is 12.1. The van der Waals surface area contributed by atoms with Gasteiger partial charge in [-0.1, -0.05) is 17.7 Å². The minimum absolute atomic E-state index is 0.515. The summed E-state index contributed by atoms with van der Waals surface area (Å²) in [5, 5.41) is 9.55. The van der Waals surface area contributed by atoms with Gasteiger partial charge in [0.15, 0.2) is 0 Å². The Morgan fingerprint density at radius 2 is 2.07 bits per heavy atom. The number of nitrogens with zero attached hydrogens (tertiary/aromatic N) is 2. The summed E-state index contributed by atoms with van der Waals surface area (Å²) in [4.78, 5) is 2.13. The van der Waals surface area contributed by atoms with Gasteiger partial charge in [0.1, 0.15) is 6.07 Å². The van der Waals surface area contributed by atoms with E-state index in [9.17, 15) is 0 Å². The predicted octanol–water partition coefficient (Wildman–Crippen LogP) is 2.26.